The first-order valence-corrected chi connectivity index (χ1v) is 5.93. The van der Waals surface area contributed by atoms with Gasteiger partial charge in [0.2, 0.25) is 0 Å². The number of anilines is 1. The number of ether oxygens (including phenoxy) is 2. The van der Waals surface area contributed by atoms with Gasteiger partial charge in [-0.15, -0.1) is 0 Å². The van der Waals surface area contributed by atoms with E-state index in [4.69, 9.17) is 15.2 Å². The van der Waals surface area contributed by atoms with Crippen molar-refractivity contribution in [3.05, 3.63) is 48.0 Å². The highest BCUT2D eigenvalue weighted by atomic mass is 16.5. The van der Waals surface area contributed by atoms with E-state index in [0.717, 1.165) is 12.2 Å². The summed E-state index contributed by atoms with van der Waals surface area (Å²) in [5.41, 5.74) is 7.61. The Morgan fingerprint density at radius 1 is 1.06 bits per heavy atom. The zero-order valence-corrected chi connectivity index (χ0v) is 10.6. The van der Waals surface area contributed by atoms with Crippen LogP contribution in [-0.4, -0.2) is 7.11 Å². The fourth-order valence-corrected chi connectivity index (χ4v) is 1.72. The quantitative estimate of drug-likeness (QED) is 0.834. The Labute approximate surface area is 107 Å². The number of hydrogen-bond acceptors (Lipinski definition) is 3. The fourth-order valence-electron chi connectivity index (χ4n) is 1.72. The van der Waals surface area contributed by atoms with E-state index in [1.165, 1.54) is 5.56 Å². The van der Waals surface area contributed by atoms with Crippen LogP contribution in [0.2, 0.25) is 0 Å². The second-order valence-corrected chi connectivity index (χ2v) is 4.01. The zero-order valence-electron chi connectivity index (χ0n) is 10.6. The van der Waals surface area contributed by atoms with E-state index in [1.54, 1.807) is 19.2 Å². The standard InChI is InChI=1S/C15H17NO2/c1-3-11-5-4-6-12(9-11)18-13-7-8-14(16)15(10-13)17-2/h4-10H,3,16H2,1-2H3. The maximum atomic E-state index is 5.78. The molecule has 0 aliphatic carbocycles. The van der Waals surface area contributed by atoms with Crippen molar-refractivity contribution < 1.29 is 9.47 Å². The summed E-state index contributed by atoms with van der Waals surface area (Å²) in [5, 5.41) is 0. The van der Waals surface area contributed by atoms with Crippen molar-refractivity contribution in [1.82, 2.24) is 0 Å². The molecule has 0 amide bonds. The van der Waals surface area contributed by atoms with Crippen LogP contribution >= 0.6 is 0 Å². The Morgan fingerprint density at radius 2 is 1.83 bits per heavy atom. The molecule has 2 aromatic carbocycles. The molecule has 0 spiro atoms. The van der Waals surface area contributed by atoms with Gasteiger partial charge in [0.25, 0.3) is 0 Å². The Hall–Kier alpha value is -2.16. The van der Waals surface area contributed by atoms with Crippen LogP contribution in [0, 0.1) is 0 Å². The molecular weight excluding hydrogens is 226 g/mol. The zero-order chi connectivity index (χ0) is 13.0. The lowest BCUT2D eigenvalue weighted by atomic mass is 10.2. The molecule has 18 heavy (non-hydrogen) atoms. The smallest absolute Gasteiger partial charge is 0.145 e. The molecular formula is C15H17NO2. The summed E-state index contributed by atoms with van der Waals surface area (Å²) >= 11 is 0. The summed E-state index contributed by atoms with van der Waals surface area (Å²) in [7, 11) is 1.59. The number of benzene rings is 2. The third-order valence-corrected chi connectivity index (χ3v) is 2.75. The topological polar surface area (TPSA) is 44.5 Å². The van der Waals surface area contributed by atoms with Crippen molar-refractivity contribution in [3.8, 4) is 17.2 Å². The summed E-state index contributed by atoms with van der Waals surface area (Å²) in [5.74, 6) is 2.16. The molecule has 0 saturated carbocycles. The Balaban J connectivity index is 2.22. The number of hydrogen-bond donors (Lipinski definition) is 1. The largest absolute Gasteiger partial charge is 0.494 e. The van der Waals surface area contributed by atoms with Gasteiger partial charge in [-0.25, -0.2) is 0 Å². The van der Waals surface area contributed by atoms with Crippen molar-refractivity contribution in [2.24, 2.45) is 0 Å². The summed E-state index contributed by atoms with van der Waals surface area (Å²) in [6.07, 6.45) is 0.988. The summed E-state index contributed by atoms with van der Waals surface area (Å²) in [6, 6.07) is 13.4. The van der Waals surface area contributed by atoms with Crippen LogP contribution in [0.1, 0.15) is 12.5 Å². The van der Waals surface area contributed by atoms with Crippen LogP contribution in [0.3, 0.4) is 0 Å². The van der Waals surface area contributed by atoms with Crippen molar-refractivity contribution in [2.75, 3.05) is 12.8 Å². The summed E-state index contributed by atoms with van der Waals surface area (Å²) < 4.78 is 10.9. The van der Waals surface area contributed by atoms with Gasteiger partial charge in [0.15, 0.2) is 0 Å². The first kappa shape index (κ1) is 12.3. The van der Waals surface area contributed by atoms with Gasteiger partial charge in [-0.3, -0.25) is 0 Å². The number of methoxy groups -OCH3 is 1. The van der Waals surface area contributed by atoms with Crippen LogP contribution in [0.5, 0.6) is 17.2 Å². The Morgan fingerprint density at radius 3 is 2.56 bits per heavy atom. The molecule has 0 aliphatic rings. The van der Waals surface area contributed by atoms with Gasteiger partial charge in [0.05, 0.1) is 12.8 Å². The average molecular weight is 243 g/mol. The summed E-state index contributed by atoms with van der Waals surface area (Å²) in [6.45, 7) is 2.12. The maximum absolute atomic E-state index is 5.78. The number of rotatable bonds is 4. The first-order valence-electron chi connectivity index (χ1n) is 5.93. The van der Waals surface area contributed by atoms with Crippen LogP contribution in [0.25, 0.3) is 0 Å². The predicted octanol–water partition coefficient (Wildman–Crippen LogP) is 3.63. The van der Waals surface area contributed by atoms with Gasteiger partial charge in [-0.05, 0) is 36.2 Å². The second-order valence-electron chi connectivity index (χ2n) is 4.01. The van der Waals surface area contributed by atoms with Gasteiger partial charge in [0, 0.05) is 6.07 Å². The van der Waals surface area contributed by atoms with Crippen molar-refractivity contribution in [1.29, 1.82) is 0 Å². The summed E-state index contributed by atoms with van der Waals surface area (Å²) in [4.78, 5) is 0. The minimum Gasteiger partial charge on any atom is -0.494 e. The maximum Gasteiger partial charge on any atom is 0.145 e. The fraction of sp³-hybridized carbons (Fsp3) is 0.200. The molecule has 94 valence electrons. The average Bonchev–Trinajstić information content (AvgIpc) is 2.41. The van der Waals surface area contributed by atoms with Gasteiger partial charge in [-0.2, -0.15) is 0 Å². The van der Waals surface area contributed by atoms with Gasteiger partial charge < -0.3 is 15.2 Å². The molecule has 0 saturated heterocycles. The van der Waals surface area contributed by atoms with Gasteiger partial charge in [0.1, 0.15) is 17.2 Å². The molecule has 0 radical (unpaired) electrons. The van der Waals surface area contributed by atoms with E-state index in [9.17, 15) is 0 Å². The molecule has 2 N–H and O–H groups in total. The monoisotopic (exact) mass is 243 g/mol. The van der Waals surface area contributed by atoms with Crippen molar-refractivity contribution in [2.45, 2.75) is 13.3 Å². The number of aryl methyl sites for hydroxylation is 1. The third-order valence-electron chi connectivity index (χ3n) is 2.75. The molecule has 0 aromatic heterocycles. The van der Waals surface area contributed by atoms with Crippen LogP contribution in [-0.2, 0) is 6.42 Å². The van der Waals surface area contributed by atoms with Crippen LogP contribution in [0.15, 0.2) is 42.5 Å². The molecule has 0 bridgehead atoms. The van der Waals surface area contributed by atoms with Gasteiger partial charge in [-0.1, -0.05) is 19.1 Å². The van der Waals surface area contributed by atoms with Crippen molar-refractivity contribution in [3.63, 3.8) is 0 Å². The lowest BCUT2D eigenvalue weighted by Crippen LogP contribution is -1.93. The molecule has 2 aromatic rings. The highest BCUT2D eigenvalue weighted by Crippen LogP contribution is 2.29. The molecule has 0 aliphatic heterocycles. The highest BCUT2D eigenvalue weighted by Gasteiger charge is 2.03. The predicted molar refractivity (Wildman–Crippen MR) is 73.3 cm³/mol. The Bertz CT molecular complexity index is 538. The van der Waals surface area contributed by atoms with E-state index in [-0.39, 0.29) is 0 Å². The van der Waals surface area contributed by atoms with Crippen molar-refractivity contribution >= 4 is 5.69 Å². The minimum atomic E-state index is 0.604. The third kappa shape index (κ3) is 2.74. The van der Waals surface area contributed by atoms with Gasteiger partial charge >= 0.3 is 0 Å². The molecule has 0 atom stereocenters. The molecule has 2 rings (SSSR count). The second kappa shape index (κ2) is 5.45. The van der Waals surface area contributed by atoms with E-state index in [2.05, 4.69) is 13.0 Å². The molecule has 0 unspecified atom stereocenters. The lowest BCUT2D eigenvalue weighted by Gasteiger charge is -2.09. The van der Waals surface area contributed by atoms with E-state index in [0.29, 0.717) is 17.2 Å². The number of nitrogens with two attached hydrogens (primary N) is 1. The highest BCUT2D eigenvalue weighted by molar-refractivity contribution is 5.56. The number of nitrogen functional groups attached to an aromatic ring is 1. The van der Waals surface area contributed by atoms with E-state index in [1.807, 2.05) is 24.3 Å². The lowest BCUT2D eigenvalue weighted by molar-refractivity contribution is 0.411. The molecule has 0 heterocycles. The van der Waals surface area contributed by atoms with E-state index < -0.39 is 0 Å². The minimum absolute atomic E-state index is 0.604. The van der Waals surface area contributed by atoms with Crippen LogP contribution < -0.4 is 15.2 Å². The van der Waals surface area contributed by atoms with Crippen LogP contribution in [0.4, 0.5) is 5.69 Å². The Kier molecular flexibility index (Phi) is 3.72. The SMILES string of the molecule is CCc1cccc(Oc2ccc(N)c(OC)c2)c1. The molecule has 0 fully saturated rings. The molecule has 3 heteroatoms. The first-order chi connectivity index (χ1) is 8.72. The molecule has 3 nitrogen and oxygen atoms in total. The normalized spacial score (nSPS) is 10.1. The van der Waals surface area contributed by atoms with E-state index >= 15 is 0 Å².